The van der Waals surface area contributed by atoms with Gasteiger partial charge < -0.3 is 20.7 Å². The quantitative estimate of drug-likeness (QED) is 0.198. The van der Waals surface area contributed by atoms with Gasteiger partial charge in [-0.2, -0.15) is 0 Å². The molecule has 1 aromatic heterocycles. The second-order valence-electron chi connectivity index (χ2n) is 5.09. The van der Waals surface area contributed by atoms with Crippen LogP contribution < -0.4 is 16.0 Å². The summed E-state index contributed by atoms with van der Waals surface area (Å²) in [6, 6.07) is 5.89. The Bertz CT molecular complexity index is 417. The normalized spacial score (nSPS) is 10.8. The van der Waals surface area contributed by atoms with E-state index in [1.165, 1.54) is 0 Å². The molecule has 1 aromatic rings. The lowest BCUT2D eigenvalue weighted by Crippen LogP contribution is -2.38. The molecular weight excluding hydrogens is 417 g/mol. The van der Waals surface area contributed by atoms with Gasteiger partial charge in [0, 0.05) is 45.6 Å². The molecule has 0 fully saturated rings. The maximum absolute atomic E-state index is 5.32. The monoisotopic (exact) mass is 449 g/mol. The predicted octanol–water partition coefficient (Wildman–Crippen LogP) is 2.87. The fourth-order valence-corrected chi connectivity index (χ4v) is 1.98. The molecule has 0 aliphatic rings. The fourth-order valence-electron chi connectivity index (χ4n) is 1.98. The summed E-state index contributed by atoms with van der Waals surface area (Å²) in [7, 11) is 0. The van der Waals surface area contributed by atoms with Crippen LogP contribution in [0.2, 0.25) is 0 Å². The van der Waals surface area contributed by atoms with Crippen LogP contribution in [0.3, 0.4) is 0 Å². The van der Waals surface area contributed by atoms with Crippen molar-refractivity contribution in [3.05, 3.63) is 24.4 Å². The predicted molar refractivity (Wildman–Crippen MR) is 112 cm³/mol. The van der Waals surface area contributed by atoms with Gasteiger partial charge in [-0.25, -0.2) is 4.98 Å². The number of anilines is 1. The van der Waals surface area contributed by atoms with Crippen LogP contribution in [-0.2, 0) is 4.74 Å². The number of unbranched alkanes of at least 4 members (excludes halogenated alkanes) is 1. The Morgan fingerprint density at radius 2 is 1.96 bits per heavy atom. The van der Waals surface area contributed by atoms with Crippen molar-refractivity contribution in [3.63, 3.8) is 0 Å². The summed E-state index contributed by atoms with van der Waals surface area (Å²) in [5, 5.41) is 9.94. The van der Waals surface area contributed by atoms with Gasteiger partial charge in [0.05, 0.1) is 0 Å². The molecule has 7 heteroatoms. The van der Waals surface area contributed by atoms with Crippen molar-refractivity contribution >= 4 is 35.8 Å². The molecule has 0 aromatic carbocycles. The van der Waals surface area contributed by atoms with E-state index in [1.54, 1.807) is 6.20 Å². The molecule has 0 aliphatic heterocycles. The number of aromatic nitrogens is 1. The highest BCUT2D eigenvalue weighted by Crippen LogP contribution is 2.00. The standard InChI is InChI=1S/C17H31N5O.HI/c1-3-18-17(22-14-9-15-23-4-2)21-13-8-7-12-20-16-10-5-6-11-19-16;/h5-6,10-11H,3-4,7-9,12-15H2,1-2H3,(H,19,20)(H2,18,21,22);1H. The van der Waals surface area contributed by atoms with Gasteiger partial charge in [-0.3, -0.25) is 4.99 Å². The van der Waals surface area contributed by atoms with Crippen LogP contribution >= 0.6 is 24.0 Å². The molecule has 0 bridgehead atoms. The lowest BCUT2D eigenvalue weighted by atomic mass is 10.3. The van der Waals surface area contributed by atoms with E-state index in [-0.39, 0.29) is 24.0 Å². The first-order valence-electron chi connectivity index (χ1n) is 8.61. The molecule has 0 radical (unpaired) electrons. The van der Waals surface area contributed by atoms with Gasteiger partial charge in [-0.05, 0) is 45.2 Å². The molecule has 0 unspecified atom stereocenters. The number of nitrogens with one attached hydrogen (secondary N) is 3. The average Bonchev–Trinajstić information content (AvgIpc) is 2.58. The van der Waals surface area contributed by atoms with Crippen LogP contribution in [0, 0.1) is 0 Å². The molecule has 24 heavy (non-hydrogen) atoms. The second-order valence-corrected chi connectivity index (χ2v) is 5.09. The van der Waals surface area contributed by atoms with Crippen molar-refractivity contribution in [3.8, 4) is 0 Å². The number of ether oxygens (including phenoxy) is 1. The number of halogens is 1. The number of pyridine rings is 1. The Labute approximate surface area is 163 Å². The van der Waals surface area contributed by atoms with E-state index < -0.39 is 0 Å². The lowest BCUT2D eigenvalue weighted by molar-refractivity contribution is 0.146. The molecule has 0 aliphatic carbocycles. The lowest BCUT2D eigenvalue weighted by Gasteiger charge is -2.11. The summed E-state index contributed by atoms with van der Waals surface area (Å²) in [5.74, 6) is 1.83. The zero-order valence-corrected chi connectivity index (χ0v) is 17.2. The van der Waals surface area contributed by atoms with Crippen molar-refractivity contribution in [2.24, 2.45) is 4.99 Å². The number of nitrogens with zero attached hydrogens (tertiary/aromatic N) is 2. The molecule has 0 spiro atoms. The van der Waals surface area contributed by atoms with Crippen molar-refractivity contribution in [2.45, 2.75) is 33.1 Å². The van der Waals surface area contributed by atoms with Gasteiger partial charge in [0.25, 0.3) is 0 Å². The summed E-state index contributed by atoms with van der Waals surface area (Å²) < 4.78 is 5.32. The minimum absolute atomic E-state index is 0. The molecule has 3 N–H and O–H groups in total. The van der Waals surface area contributed by atoms with Gasteiger partial charge in [0.2, 0.25) is 0 Å². The molecule has 1 heterocycles. The number of guanidine groups is 1. The fraction of sp³-hybridized carbons (Fsp3) is 0.647. The topological polar surface area (TPSA) is 70.6 Å². The molecular formula is C17H32IN5O. The molecule has 0 amide bonds. The van der Waals surface area contributed by atoms with E-state index in [0.29, 0.717) is 0 Å². The molecule has 0 atom stereocenters. The van der Waals surface area contributed by atoms with Crippen molar-refractivity contribution in [1.29, 1.82) is 0 Å². The molecule has 1 rings (SSSR count). The van der Waals surface area contributed by atoms with Crippen molar-refractivity contribution in [2.75, 3.05) is 44.7 Å². The molecule has 0 saturated heterocycles. The third-order valence-corrected chi connectivity index (χ3v) is 3.13. The Balaban J connectivity index is 0.00000529. The second kappa shape index (κ2) is 16.8. The summed E-state index contributed by atoms with van der Waals surface area (Å²) in [6.07, 6.45) is 4.93. The first kappa shape index (κ1) is 22.9. The third kappa shape index (κ3) is 12.3. The summed E-state index contributed by atoms with van der Waals surface area (Å²) in [6.45, 7) is 9.15. The Kier molecular flexibility index (Phi) is 16.0. The van der Waals surface area contributed by atoms with Crippen LogP contribution in [0.4, 0.5) is 5.82 Å². The van der Waals surface area contributed by atoms with Crippen LogP contribution in [0.1, 0.15) is 33.1 Å². The highest BCUT2D eigenvalue weighted by atomic mass is 127. The maximum atomic E-state index is 5.32. The first-order valence-corrected chi connectivity index (χ1v) is 8.61. The largest absolute Gasteiger partial charge is 0.382 e. The minimum Gasteiger partial charge on any atom is -0.382 e. The SMILES string of the molecule is CCNC(=NCCCOCC)NCCCCNc1ccccn1.I. The van der Waals surface area contributed by atoms with Crippen LogP contribution in [0.5, 0.6) is 0 Å². The summed E-state index contributed by atoms with van der Waals surface area (Å²) in [4.78, 5) is 8.78. The zero-order chi connectivity index (χ0) is 16.6. The van der Waals surface area contributed by atoms with Gasteiger partial charge in [-0.1, -0.05) is 6.07 Å². The van der Waals surface area contributed by atoms with Crippen LogP contribution in [0.15, 0.2) is 29.4 Å². The Hall–Kier alpha value is -1.09. The molecule has 6 nitrogen and oxygen atoms in total. The number of hydrogen-bond donors (Lipinski definition) is 3. The zero-order valence-electron chi connectivity index (χ0n) is 14.9. The summed E-state index contributed by atoms with van der Waals surface area (Å²) in [5.41, 5.74) is 0. The third-order valence-electron chi connectivity index (χ3n) is 3.13. The molecule has 0 saturated carbocycles. The van der Waals surface area contributed by atoms with Crippen molar-refractivity contribution in [1.82, 2.24) is 15.6 Å². The van der Waals surface area contributed by atoms with E-state index in [2.05, 4.69) is 32.9 Å². The number of aliphatic imine (C=N–C) groups is 1. The smallest absolute Gasteiger partial charge is 0.191 e. The Morgan fingerprint density at radius 1 is 1.12 bits per heavy atom. The summed E-state index contributed by atoms with van der Waals surface area (Å²) >= 11 is 0. The van der Waals surface area contributed by atoms with E-state index >= 15 is 0 Å². The average molecular weight is 449 g/mol. The highest BCUT2D eigenvalue weighted by Gasteiger charge is 1.97. The first-order chi connectivity index (χ1) is 11.4. The van der Waals surface area contributed by atoms with Gasteiger partial charge in [-0.15, -0.1) is 24.0 Å². The van der Waals surface area contributed by atoms with E-state index in [0.717, 1.165) is 70.4 Å². The van der Waals surface area contributed by atoms with E-state index in [1.807, 2.05) is 25.1 Å². The number of rotatable bonds is 12. The van der Waals surface area contributed by atoms with Gasteiger partial charge in [0.15, 0.2) is 5.96 Å². The van der Waals surface area contributed by atoms with Crippen molar-refractivity contribution < 1.29 is 4.74 Å². The van der Waals surface area contributed by atoms with Gasteiger partial charge in [0.1, 0.15) is 5.82 Å². The Morgan fingerprint density at radius 3 is 2.67 bits per heavy atom. The minimum atomic E-state index is 0. The van der Waals surface area contributed by atoms with Crippen LogP contribution in [0.25, 0.3) is 0 Å². The molecule has 138 valence electrons. The highest BCUT2D eigenvalue weighted by molar-refractivity contribution is 14.0. The van der Waals surface area contributed by atoms with E-state index in [9.17, 15) is 0 Å². The number of hydrogen-bond acceptors (Lipinski definition) is 4. The van der Waals surface area contributed by atoms with Gasteiger partial charge >= 0.3 is 0 Å². The van der Waals surface area contributed by atoms with Crippen LogP contribution in [-0.4, -0.2) is 50.3 Å². The van der Waals surface area contributed by atoms with E-state index in [4.69, 9.17) is 4.74 Å². The maximum Gasteiger partial charge on any atom is 0.191 e.